The van der Waals surface area contributed by atoms with Gasteiger partial charge < -0.3 is 10.2 Å². The number of carbonyl (C=O) groups is 2. The second-order valence-electron chi connectivity index (χ2n) is 6.80. The number of rotatable bonds is 4. The normalized spacial score (nSPS) is 20.3. The van der Waals surface area contributed by atoms with Gasteiger partial charge in [0.25, 0.3) is 5.91 Å². The molecule has 2 heterocycles. The Morgan fingerprint density at radius 3 is 2.72 bits per heavy atom. The second kappa shape index (κ2) is 6.96. The number of carbonyl (C=O) groups excluding carboxylic acids is 2. The highest BCUT2D eigenvalue weighted by molar-refractivity contribution is 7.13. The van der Waals surface area contributed by atoms with E-state index >= 15 is 0 Å². The Morgan fingerprint density at radius 2 is 1.96 bits per heavy atom. The smallest absolute Gasteiger partial charge is 0.253 e. The van der Waals surface area contributed by atoms with Gasteiger partial charge in [-0.1, -0.05) is 18.2 Å². The van der Waals surface area contributed by atoms with E-state index in [9.17, 15) is 9.59 Å². The zero-order valence-electron chi connectivity index (χ0n) is 14.0. The Hall–Kier alpha value is -2.21. The number of benzene rings is 1. The summed E-state index contributed by atoms with van der Waals surface area (Å²) in [5, 5.41) is 5.66. The molecule has 0 spiro atoms. The van der Waals surface area contributed by atoms with Crippen molar-refractivity contribution in [2.75, 3.05) is 18.4 Å². The molecule has 2 aromatic rings. The molecule has 0 unspecified atom stereocenters. The lowest BCUT2D eigenvalue weighted by atomic mass is 9.96. The van der Waals surface area contributed by atoms with Gasteiger partial charge in [0.1, 0.15) is 0 Å². The predicted octanol–water partition coefficient (Wildman–Crippen LogP) is 3.51. The number of hydrogen-bond acceptors (Lipinski definition) is 4. The van der Waals surface area contributed by atoms with Crippen LogP contribution in [-0.4, -0.2) is 34.8 Å². The van der Waals surface area contributed by atoms with Gasteiger partial charge in [0, 0.05) is 30.0 Å². The van der Waals surface area contributed by atoms with E-state index in [1.807, 2.05) is 35.7 Å². The van der Waals surface area contributed by atoms with Crippen LogP contribution in [0.1, 0.15) is 47.7 Å². The molecule has 2 fully saturated rings. The van der Waals surface area contributed by atoms with Crippen molar-refractivity contribution in [2.45, 2.75) is 31.6 Å². The van der Waals surface area contributed by atoms with Gasteiger partial charge in [-0.05, 0) is 37.8 Å². The lowest BCUT2D eigenvalue weighted by Crippen LogP contribution is -2.43. The Bertz CT molecular complexity index is 770. The highest BCUT2D eigenvalue weighted by atomic mass is 32.1. The van der Waals surface area contributed by atoms with Crippen LogP contribution < -0.4 is 5.32 Å². The van der Waals surface area contributed by atoms with Gasteiger partial charge in [0.05, 0.1) is 11.6 Å². The van der Waals surface area contributed by atoms with Crippen molar-refractivity contribution in [3.05, 3.63) is 47.0 Å². The molecule has 0 bridgehead atoms. The van der Waals surface area contributed by atoms with Crippen LogP contribution >= 0.6 is 11.3 Å². The molecule has 4 rings (SSSR count). The molecule has 1 aliphatic carbocycles. The fourth-order valence-electron chi connectivity index (χ4n) is 3.26. The molecule has 1 aliphatic heterocycles. The molecule has 2 aliphatic rings. The summed E-state index contributed by atoms with van der Waals surface area (Å²) < 4.78 is 0. The standard InChI is InChI=1S/C19H21N3O2S/c23-17(21-19-20-16(12-25-19)13-8-9-13)15-7-4-10-22(11-15)18(24)14-5-2-1-3-6-14/h1-3,5-6,12-13,15H,4,7-11H2,(H,20,21,23)/t15-/m1/s1. The number of amides is 2. The molecule has 1 aromatic carbocycles. The minimum absolute atomic E-state index is 0.00312. The summed E-state index contributed by atoms with van der Waals surface area (Å²) in [5.41, 5.74) is 1.78. The van der Waals surface area contributed by atoms with Crippen LogP contribution in [0, 0.1) is 5.92 Å². The van der Waals surface area contributed by atoms with Gasteiger partial charge in [0.15, 0.2) is 5.13 Å². The molecule has 2 amide bonds. The fourth-order valence-corrected chi connectivity index (χ4v) is 4.05. The van der Waals surface area contributed by atoms with E-state index in [0.717, 1.165) is 18.5 Å². The van der Waals surface area contributed by atoms with Crippen LogP contribution in [0.25, 0.3) is 0 Å². The van der Waals surface area contributed by atoms with Crippen LogP contribution in [0.15, 0.2) is 35.7 Å². The first-order chi connectivity index (χ1) is 12.2. The summed E-state index contributed by atoms with van der Waals surface area (Å²) in [4.78, 5) is 31.5. The molecule has 1 atom stereocenters. The van der Waals surface area contributed by atoms with Gasteiger partial charge in [-0.15, -0.1) is 11.3 Å². The molecule has 5 nitrogen and oxygen atoms in total. The Balaban J connectivity index is 1.38. The average Bonchev–Trinajstić information content (AvgIpc) is 3.41. The maximum absolute atomic E-state index is 12.6. The first kappa shape index (κ1) is 16.3. The molecule has 1 N–H and O–H groups in total. The van der Waals surface area contributed by atoms with Gasteiger partial charge in [-0.3, -0.25) is 9.59 Å². The topological polar surface area (TPSA) is 62.3 Å². The van der Waals surface area contributed by atoms with Gasteiger partial charge in [0.2, 0.25) is 5.91 Å². The minimum atomic E-state index is -0.172. The van der Waals surface area contributed by atoms with E-state index in [1.165, 1.54) is 24.2 Å². The number of likely N-dealkylation sites (tertiary alicyclic amines) is 1. The molecule has 1 aromatic heterocycles. The van der Waals surface area contributed by atoms with E-state index < -0.39 is 0 Å². The van der Waals surface area contributed by atoms with E-state index in [-0.39, 0.29) is 17.7 Å². The third-order valence-corrected chi connectivity index (χ3v) is 5.62. The highest BCUT2D eigenvalue weighted by Crippen LogP contribution is 2.40. The largest absolute Gasteiger partial charge is 0.338 e. The maximum Gasteiger partial charge on any atom is 0.253 e. The third-order valence-electron chi connectivity index (χ3n) is 4.85. The van der Waals surface area contributed by atoms with Gasteiger partial charge >= 0.3 is 0 Å². The van der Waals surface area contributed by atoms with Crippen molar-refractivity contribution in [1.29, 1.82) is 0 Å². The summed E-state index contributed by atoms with van der Waals surface area (Å²) in [6.45, 7) is 1.18. The molecular weight excluding hydrogens is 334 g/mol. The summed E-state index contributed by atoms with van der Waals surface area (Å²) in [5.74, 6) is 0.399. The zero-order chi connectivity index (χ0) is 17.2. The van der Waals surface area contributed by atoms with E-state index in [1.54, 1.807) is 4.90 Å². The summed E-state index contributed by atoms with van der Waals surface area (Å²) in [6, 6.07) is 9.26. The number of anilines is 1. The number of thiazole rings is 1. The van der Waals surface area contributed by atoms with E-state index in [0.29, 0.717) is 29.7 Å². The van der Waals surface area contributed by atoms with Crippen molar-refractivity contribution in [2.24, 2.45) is 5.92 Å². The zero-order valence-corrected chi connectivity index (χ0v) is 14.8. The summed E-state index contributed by atoms with van der Waals surface area (Å²) in [6.07, 6.45) is 4.07. The Labute approximate surface area is 151 Å². The number of hydrogen-bond donors (Lipinski definition) is 1. The van der Waals surface area contributed by atoms with Crippen molar-refractivity contribution >= 4 is 28.3 Å². The molecular formula is C19H21N3O2S. The predicted molar refractivity (Wildman–Crippen MR) is 97.8 cm³/mol. The van der Waals surface area contributed by atoms with Crippen molar-refractivity contribution in [3.63, 3.8) is 0 Å². The SMILES string of the molecule is O=C(Nc1nc(C2CC2)cs1)[C@@H]1CCCN(C(=O)c2ccccc2)C1. The number of aromatic nitrogens is 1. The van der Waals surface area contributed by atoms with Crippen molar-refractivity contribution < 1.29 is 9.59 Å². The second-order valence-corrected chi connectivity index (χ2v) is 7.66. The van der Waals surface area contributed by atoms with Crippen molar-refractivity contribution in [3.8, 4) is 0 Å². The third kappa shape index (κ3) is 3.74. The first-order valence-corrected chi connectivity index (χ1v) is 9.69. The van der Waals surface area contributed by atoms with Crippen LogP contribution in [0.4, 0.5) is 5.13 Å². The quantitative estimate of drug-likeness (QED) is 0.913. The maximum atomic E-state index is 12.6. The molecule has 130 valence electrons. The summed E-state index contributed by atoms with van der Waals surface area (Å²) in [7, 11) is 0. The van der Waals surface area contributed by atoms with Gasteiger partial charge in [-0.25, -0.2) is 4.98 Å². The van der Waals surface area contributed by atoms with Crippen molar-refractivity contribution in [1.82, 2.24) is 9.88 Å². The Morgan fingerprint density at radius 1 is 1.16 bits per heavy atom. The van der Waals surface area contributed by atoms with E-state index in [2.05, 4.69) is 10.3 Å². The average molecular weight is 355 g/mol. The minimum Gasteiger partial charge on any atom is -0.338 e. The molecule has 6 heteroatoms. The fraction of sp³-hybridized carbons (Fsp3) is 0.421. The highest BCUT2D eigenvalue weighted by Gasteiger charge is 2.30. The molecule has 0 radical (unpaired) electrons. The first-order valence-electron chi connectivity index (χ1n) is 8.81. The molecule has 1 saturated heterocycles. The van der Waals surface area contributed by atoms with Gasteiger partial charge in [-0.2, -0.15) is 0 Å². The van der Waals surface area contributed by atoms with Crippen LogP contribution in [0.2, 0.25) is 0 Å². The van der Waals surface area contributed by atoms with Crippen LogP contribution in [-0.2, 0) is 4.79 Å². The Kier molecular flexibility index (Phi) is 4.53. The van der Waals surface area contributed by atoms with Crippen LogP contribution in [0.3, 0.4) is 0 Å². The number of nitrogens with zero attached hydrogens (tertiary/aromatic N) is 2. The lowest BCUT2D eigenvalue weighted by Gasteiger charge is -2.32. The monoisotopic (exact) mass is 355 g/mol. The lowest BCUT2D eigenvalue weighted by molar-refractivity contribution is -0.121. The number of piperidine rings is 1. The number of nitrogens with one attached hydrogen (secondary N) is 1. The molecule has 25 heavy (non-hydrogen) atoms. The molecule has 1 saturated carbocycles. The van der Waals surface area contributed by atoms with Crippen LogP contribution in [0.5, 0.6) is 0 Å². The van der Waals surface area contributed by atoms with E-state index in [4.69, 9.17) is 0 Å². The summed E-state index contributed by atoms with van der Waals surface area (Å²) >= 11 is 1.49.